The molecule has 0 bridgehead atoms. The first-order chi connectivity index (χ1) is 9.19. The van der Waals surface area contributed by atoms with E-state index >= 15 is 0 Å². The Morgan fingerprint density at radius 2 is 1.95 bits per heavy atom. The highest BCUT2D eigenvalue weighted by Crippen LogP contribution is 2.23. The van der Waals surface area contributed by atoms with E-state index in [1.807, 2.05) is 27.7 Å². The predicted octanol–water partition coefficient (Wildman–Crippen LogP) is 1.87. The van der Waals surface area contributed by atoms with Crippen LogP contribution in [0.1, 0.15) is 33.3 Å². The molecular formula is C14H24N2O3S. The van der Waals surface area contributed by atoms with E-state index in [0.29, 0.717) is 24.5 Å². The first-order valence-corrected chi connectivity index (χ1v) is 8.13. The van der Waals surface area contributed by atoms with Crippen LogP contribution in [0.3, 0.4) is 0 Å². The van der Waals surface area contributed by atoms with Crippen molar-refractivity contribution in [2.45, 2.75) is 39.1 Å². The zero-order chi connectivity index (χ0) is 15.4. The van der Waals surface area contributed by atoms with Crippen molar-refractivity contribution in [3.05, 3.63) is 23.8 Å². The van der Waals surface area contributed by atoms with E-state index in [1.54, 1.807) is 12.1 Å². The minimum absolute atomic E-state index is 0.116. The predicted molar refractivity (Wildman–Crippen MR) is 80.1 cm³/mol. The molecule has 0 unspecified atom stereocenters. The molecule has 0 atom stereocenters. The van der Waals surface area contributed by atoms with Gasteiger partial charge in [0.1, 0.15) is 5.75 Å². The highest BCUT2D eigenvalue weighted by Gasteiger charge is 2.19. The average Bonchev–Trinajstić information content (AvgIpc) is 2.36. The van der Waals surface area contributed by atoms with Crippen LogP contribution in [0.25, 0.3) is 0 Å². The molecule has 0 aliphatic heterocycles. The van der Waals surface area contributed by atoms with Crippen LogP contribution in [0.4, 0.5) is 0 Å². The maximum atomic E-state index is 12.2. The molecule has 1 aromatic rings. The van der Waals surface area contributed by atoms with Crippen molar-refractivity contribution in [3.63, 3.8) is 0 Å². The van der Waals surface area contributed by atoms with Gasteiger partial charge in [0.25, 0.3) is 0 Å². The second kappa shape index (κ2) is 6.56. The van der Waals surface area contributed by atoms with Gasteiger partial charge in [-0.25, -0.2) is 13.1 Å². The second-order valence-electron chi connectivity index (χ2n) is 5.79. The summed E-state index contributed by atoms with van der Waals surface area (Å²) in [6.45, 7) is 8.91. The molecular weight excluding hydrogens is 276 g/mol. The Morgan fingerprint density at radius 3 is 2.45 bits per heavy atom. The Labute approximate surface area is 121 Å². The SMILES string of the molecule is CCOc1ccc(S(=O)(=O)NCC(C)(C)C)cc1CN. The normalized spacial score (nSPS) is 12.4. The molecule has 114 valence electrons. The number of nitrogens with two attached hydrogens (primary N) is 1. The third-order valence-electron chi connectivity index (χ3n) is 2.65. The van der Waals surface area contributed by atoms with Crippen molar-refractivity contribution in [2.75, 3.05) is 13.2 Å². The zero-order valence-corrected chi connectivity index (χ0v) is 13.4. The fraction of sp³-hybridized carbons (Fsp3) is 0.571. The summed E-state index contributed by atoms with van der Waals surface area (Å²) in [5.41, 5.74) is 6.21. The Hall–Kier alpha value is -1.11. The summed E-state index contributed by atoms with van der Waals surface area (Å²) in [5, 5.41) is 0. The molecule has 0 fully saturated rings. The number of sulfonamides is 1. The Bertz CT molecular complexity index is 548. The maximum Gasteiger partial charge on any atom is 0.240 e. The van der Waals surface area contributed by atoms with E-state index in [1.165, 1.54) is 6.07 Å². The lowest BCUT2D eigenvalue weighted by atomic mass is 9.98. The van der Waals surface area contributed by atoms with E-state index in [9.17, 15) is 8.42 Å². The van der Waals surface area contributed by atoms with Crippen molar-refractivity contribution in [3.8, 4) is 5.75 Å². The molecule has 0 saturated heterocycles. The van der Waals surface area contributed by atoms with Gasteiger partial charge in [-0.3, -0.25) is 0 Å². The van der Waals surface area contributed by atoms with Gasteiger partial charge in [-0.1, -0.05) is 20.8 Å². The van der Waals surface area contributed by atoms with Crippen molar-refractivity contribution < 1.29 is 13.2 Å². The summed E-state index contributed by atoms with van der Waals surface area (Å²) in [6.07, 6.45) is 0. The molecule has 6 heteroatoms. The standard InChI is InChI=1S/C14H24N2O3S/c1-5-19-13-7-6-12(8-11(13)9-15)20(17,18)16-10-14(2,3)4/h6-8,16H,5,9-10,15H2,1-4H3. The molecule has 5 nitrogen and oxygen atoms in total. The third kappa shape index (κ3) is 4.77. The summed E-state index contributed by atoms with van der Waals surface area (Å²) < 4.78 is 32.5. The van der Waals surface area contributed by atoms with Crippen LogP contribution in [0.15, 0.2) is 23.1 Å². The van der Waals surface area contributed by atoms with Crippen LogP contribution >= 0.6 is 0 Å². The van der Waals surface area contributed by atoms with Gasteiger partial charge in [0.05, 0.1) is 11.5 Å². The molecule has 3 N–H and O–H groups in total. The van der Waals surface area contributed by atoms with Gasteiger partial charge in [-0.2, -0.15) is 0 Å². The van der Waals surface area contributed by atoms with Crippen LogP contribution in [0.2, 0.25) is 0 Å². The van der Waals surface area contributed by atoms with Crippen LogP contribution in [0, 0.1) is 5.41 Å². The highest BCUT2D eigenvalue weighted by atomic mass is 32.2. The number of hydrogen-bond donors (Lipinski definition) is 2. The van der Waals surface area contributed by atoms with Gasteiger partial charge in [0.2, 0.25) is 10.0 Å². The fourth-order valence-corrected chi connectivity index (χ4v) is 2.91. The monoisotopic (exact) mass is 300 g/mol. The van der Waals surface area contributed by atoms with E-state index in [-0.39, 0.29) is 16.9 Å². The highest BCUT2D eigenvalue weighted by molar-refractivity contribution is 7.89. The van der Waals surface area contributed by atoms with Crippen LogP contribution in [-0.4, -0.2) is 21.6 Å². The van der Waals surface area contributed by atoms with Crippen LogP contribution in [0.5, 0.6) is 5.75 Å². The molecule has 0 heterocycles. The molecule has 0 aliphatic carbocycles. The lowest BCUT2D eigenvalue weighted by molar-refractivity contribution is 0.336. The molecule has 0 aliphatic rings. The number of ether oxygens (including phenoxy) is 1. The molecule has 0 aromatic heterocycles. The minimum atomic E-state index is -3.52. The minimum Gasteiger partial charge on any atom is -0.494 e. The van der Waals surface area contributed by atoms with Crippen molar-refractivity contribution in [2.24, 2.45) is 11.1 Å². The smallest absolute Gasteiger partial charge is 0.240 e. The van der Waals surface area contributed by atoms with Crippen molar-refractivity contribution >= 4 is 10.0 Å². The summed E-state index contributed by atoms with van der Waals surface area (Å²) in [6, 6.07) is 4.75. The topological polar surface area (TPSA) is 81.4 Å². The molecule has 1 rings (SSSR count). The Balaban J connectivity index is 3.01. The molecule has 20 heavy (non-hydrogen) atoms. The fourth-order valence-electron chi connectivity index (χ4n) is 1.57. The van der Waals surface area contributed by atoms with Gasteiger partial charge >= 0.3 is 0 Å². The van der Waals surface area contributed by atoms with E-state index in [2.05, 4.69) is 4.72 Å². The van der Waals surface area contributed by atoms with Gasteiger partial charge in [-0.05, 0) is 30.5 Å². The second-order valence-corrected chi connectivity index (χ2v) is 7.56. The number of hydrogen-bond acceptors (Lipinski definition) is 4. The molecule has 0 saturated carbocycles. The number of rotatable bonds is 6. The first kappa shape index (κ1) is 16.9. The van der Waals surface area contributed by atoms with Gasteiger partial charge in [0, 0.05) is 18.7 Å². The van der Waals surface area contributed by atoms with Crippen LogP contribution in [-0.2, 0) is 16.6 Å². The summed E-state index contributed by atoms with van der Waals surface area (Å²) in [4.78, 5) is 0.214. The van der Waals surface area contributed by atoms with E-state index in [0.717, 1.165) is 0 Å². The van der Waals surface area contributed by atoms with E-state index < -0.39 is 10.0 Å². The Morgan fingerprint density at radius 1 is 1.30 bits per heavy atom. The largest absolute Gasteiger partial charge is 0.494 e. The number of benzene rings is 1. The maximum absolute atomic E-state index is 12.2. The lowest BCUT2D eigenvalue weighted by Crippen LogP contribution is -2.32. The average molecular weight is 300 g/mol. The van der Waals surface area contributed by atoms with Gasteiger partial charge in [0.15, 0.2) is 0 Å². The van der Waals surface area contributed by atoms with Crippen LogP contribution < -0.4 is 15.2 Å². The molecule has 0 radical (unpaired) electrons. The van der Waals surface area contributed by atoms with E-state index in [4.69, 9.17) is 10.5 Å². The summed E-state index contributed by atoms with van der Waals surface area (Å²) in [7, 11) is -3.52. The molecule has 1 aromatic carbocycles. The summed E-state index contributed by atoms with van der Waals surface area (Å²) in [5.74, 6) is 0.629. The van der Waals surface area contributed by atoms with Gasteiger partial charge < -0.3 is 10.5 Å². The first-order valence-electron chi connectivity index (χ1n) is 6.65. The van der Waals surface area contributed by atoms with Crippen molar-refractivity contribution in [1.82, 2.24) is 4.72 Å². The summed E-state index contributed by atoms with van der Waals surface area (Å²) >= 11 is 0. The quantitative estimate of drug-likeness (QED) is 0.840. The molecule has 0 spiro atoms. The zero-order valence-electron chi connectivity index (χ0n) is 12.6. The molecule has 0 amide bonds. The number of nitrogens with one attached hydrogen (secondary N) is 1. The van der Waals surface area contributed by atoms with Crippen molar-refractivity contribution in [1.29, 1.82) is 0 Å². The third-order valence-corrected chi connectivity index (χ3v) is 4.05. The lowest BCUT2D eigenvalue weighted by Gasteiger charge is -2.19. The Kier molecular flexibility index (Phi) is 5.56. The van der Waals surface area contributed by atoms with Gasteiger partial charge in [-0.15, -0.1) is 0 Å².